The van der Waals surface area contributed by atoms with Crippen molar-refractivity contribution < 1.29 is 4.79 Å². The lowest BCUT2D eigenvalue weighted by Gasteiger charge is -2.05. The predicted octanol–water partition coefficient (Wildman–Crippen LogP) is 2.00. The zero-order chi connectivity index (χ0) is 12.5. The highest BCUT2D eigenvalue weighted by molar-refractivity contribution is 6.30. The van der Waals surface area contributed by atoms with Crippen molar-refractivity contribution in [1.82, 2.24) is 10.6 Å². The van der Waals surface area contributed by atoms with Gasteiger partial charge < -0.3 is 10.6 Å². The van der Waals surface area contributed by atoms with Crippen molar-refractivity contribution in [2.45, 2.75) is 19.8 Å². The number of benzene rings is 1. The van der Waals surface area contributed by atoms with Crippen molar-refractivity contribution >= 4 is 17.5 Å². The van der Waals surface area contributed by atoms with E-state index in [1.54, 1.807) is 0 Å². The van der Waals surface area contributed by atoms with E-state index in [1.165, 1.54) is 5.56 Å². The molecule has 0 aliphatic carbocycles. The Morgan fingerprint density at radius 1 is 1.24 bits per heavy atom. The molecule has 3 nitrogen and oxygen atoms in total. The van der Waals surface area contributed by atoms with Gasteiger partial charge in [-0.3, -0.25) is 4.79 Å². The fourth-order valence-electron chi connectivity index (χ4n) is 1.46. The topological polar surface area (TPSA) is 41.1 Å². The minimum absolute atomic E-state index is 0.0971. The zero-order valence-electron chi connectivity index (χ0n) is 10.1. The lowest BCUT2D eigenvalue weighted by Crippen LogP contribution is -2.29. The Kier molecular flexibility index (Phi) is 6.67. The number of carbonyl (C=O) groups is 1. The third-order valence-corrected chi connectivity index (χ3v) is 2.68. The molecule has 17 heavy (non-hydrogen) atoms. The third-order valence-electron chi connectivity index (χ3n) is 2.43. The smallest absolute Gasteiger partial charge is 0.221 e. The first-order valence-electron chi connectivity index (χ1n) is 5.94. The molecule has 0 aliphatic rings. The van der Waals surface area contributed by atoms with Crippen LogP contribution in [0.1, 0.15) is 18.9 Å². The summed E-state index contributed by atoms with van der Waals surface area (Å²) >= 11 is 5.79. The van der Waals surface area contributed by atoms with E-state index in [2.05, 4.69) is 10.6 Å². The van der Waals surface area contributed by atoms with E-state index < -0.39 is 0 Å². The first-order chi connectivity index (χ1) is 8.22. The number of hydrogen-bond donors (Lipinski definition) is 2. The molecule has 0 fully saturated rings. The van der Waals surface area contributed by atoms with Crippen molar-refractivity contribution in [3.63, 3.8) is 0 Å². The minimum atomic E-state index is 0.0971. The summed E-state index contributed by atoms with van der Waals surface area (Å²) in [6.45, 7) is 4.34. The lowest BCUT2D eigenvalue weighted by molar-refractivity contribution is -0.120. The van der Waals surface area contributed by atoms with E-state index in [9.17, 15) is 4.79 Å². The second-order valence-electron chi connectivity index (χ2n) is 3.83. The molecule has 0 atom stereocenters. The summed E-state index contributed by atoms with van der Waals surface area (Å²) in [7, 11) is 0. The molecular formula is C13H19ClN2O. The molecule has 0 aromatic heterocycles. The van der Waals surface area contributed by atoms with E-state index in [4.69, 9.17) is 11.6 Å². The van der Waals surface area contributed by atoms with E-state index in [-0.39, 0.29) is 5.91 Å². The number of halogens is 1. The molecule has 0 unspecified atom stereocenters. The van der Waals surface area contributed by atoms with Crippen LogP contribution in [0.4, 0.5) is 0 Å². The number of carbonyl (C=O) groups excluding carboxylic acids is 1. The minimum Gasteiger partial charge on any atom is -0.356 e. The van der Waals surface area contributed by atoms with Crippen LogP contribution in [-0.4, -0.2) is 25.5 Å². The second kappa shape index (κ2) is 8.09. The highest BCUT2D eigenvalue weighted by Gasteiger charge is 1.99. The van der Waals surface area contributed by atoms with Crippen LogP contribution in [0.25, 0.3) is 0 Å². The number of nitrogens with one attached hydrogen (secondary N) is 2. The first-order valence-corrected chi connectivity index (χ1v) is 6.32. The Morgan fingerprint density at radius 2 is 1.94 bits per heavy atom. The number of rotatable bonds is 7. The van der Waals surface area contributed by atoms with Crippen LogP contribution in [0.2, 0.25) is 5.02 Å². The number of amides is 1. The summed E-state index contributed by atoms with van der Waals surface area (Å²) in [6.07, 6.45) is 1.37. The highest BCUT2D eigenvalue weighted by atomic mass is 35.5. The van der Waals surface area contributed by atoms with Crippen LogP contribution in [0, 0.1) is 0 Å². The molecule has 0 aliphatic heterocycles. The highest BCUT2D eigenvalue weighted by Crippen LogP contribution is 2.09. The molecular weight excluding hydrogens is 236 g/mol. The normalized spacial score (nSPS) is 10.2. The average molecular weight is 255 g/mol. The summed E-state index contributed by atoms with van der Waals surface area (Å²) in [5.74, 6) is 0.0971. The molecule has 1 aromatic rings. The molecule has 0 saturated heterocycles. The molecule has 0 radical (unpaired) electrons. The van der Waals surface area contributed by atoms with E-state index in [0.717, 1.165) is 24.5 Å². The fourth-order valence-corrected chi connectivity index (χ4v) is 1.59. The van der Waals surface area contributed by atoms with E-state index >= 15 is 0 Å². The summed E-state index contributed by atoms with van der Waals surface area (Å²) in [5, 5.41) is 6.75. The van der Waals surface area contributed by atoms with Crippen LogP contribution in [0.5, 0.6) is 0 Å². The molecule has 1 aromatic carbocycles. The Morgan fingerprint density at radius 3 is 2.59 bits per heavy atom. The molecule has 0 saturated carbocycles. The van der Waals surface area contributed by atoms with Crippen LogP contribution in [0.3, 0.4) is 0 Å². The Labute approximate surface area is 108 Å². The second-order valence-corrected chi connectivity index (χ2v) is 4.27. The van der Waals surface area contributed by atoms with Gasteiger partial charge in [-0.25, -0.2) is 0 Å². The van der Waals surface area contributed by atoms with Crippen molar-refractivity contribution in [2.24, 2.45) is 0 Å². The maximum absolute atomic E-state index is 11.4. The van der Waals surface area contributed by atoms with Crippen LogP contribution in [0.15, 0.2) is 24.3 Å². The summed E-state index contributed by atoms with van der Waals surface area (Å²) in [4.78, 5) is 11.4. The van der Waals surface area contributed by atoms with Crippen molar-refractivity contribution in [2.75, 3.05) is 19.6 Å². The van der Waals surface area contributed by atoms with Crippen molar-refractivity contribution in [3.8, 4) is 0 Å². The molecule has 94 valence electrons. The molecule has 0 bridgehead atoms. The maximum atomic E-state index is 11.4. The van der Waals surface area contributed by atoms with E-state index in [1.807, 2.05) is 31.2 Å². The van der Waals surface area contributed by atoms with Crippen LogP contribution < -0.4 is 10.6 Å². The zero-order valence-corrected chi connectivity index (χ0v) is 10.9. The first kappa shape index (κ1) is 14.0. The van der Waals surface area contributed by atoms with Gasteiger partial charge in [-0.05, 0) is 30.7 Å². The summed E-state index contributed by atoms with van der Waals surface area (Å²) < 4.78 is 0. The Balaban J connectivity index is 2.14. The maximum Gasteiger partial charge on any atom is 0.221 e. The largest absolute Gasteiger partial charge is 0.356 e. The van der Waals surface area contributed by atoms with Gasteiger partial charge in [0.1, 0.15) is 0 Å². The van der Waals surface area contributed by atoms with Gasteiger partial charge in [0.25, 0.3) is 0 Å². The van der Waals surface area contributed by atoms with Gasteiger partial charge >= 0.3 is 0 Å². The molecule has 0 spiro atoms. The monoisotopic (exact) mass is 254 g/mol. The quantitative estimate of drug-likeness (QED) is 0.731. The molecule has 1 amide bonds. The molecule has 4 heteroatoms. The van der Waals surface area contributed by atoms with Gasteiger partial charge in [0.15, 0.2) is 0 Å². The predicted molar refractivity (Wildman–Crippen MR) is 71.3 cm³/mol. The van der Waals surface area contributed by atoms with Crippen molar-refractivity contribution in [3.05, 3.63) is 34.9 Å². The lowest BCUT2D eigenvalue weighted by atomic mass is 10.1. The third kappa shape index (κ3) is 6.29. The van der Waals surface area contributed by atoms with Gasteiger partial charge in [0, 0.05) is 24.5 Å². The van der Waals surface area contributed by atoms with Gasteiger partial charge in [-0.1, -0.05) is 30.7 Å². The number of hydrogen-bond acceptors (Lipinski definition) is 2. The fraction of sp³-hybridized carbons (Fsp3) is 0.462. The molecule has 1 rings (SSSR count). The Hall–Kier alpha value is -1.06. The van der Waals surface area contributed by atoms with Gasteiger partial charge in [-0.15, -0.1) is 0 Å². The van der Waals surface area contributed by atoms with Gasteiger partial charge in [0.05, 0.1) is 0 Å². The van der Waals surface area contributed by atoms with Crippen LogP contribution >= 0.6 is 11.6 Å². The molecule has 2 N–H and O–H groups in total. The average Bonchev–Trinajstić information content (AvgIpc) is 2.32. The SMILES string of the molecule is CCNCCC(=O)NCCc1ccc(Cl)cc1. The summed E-state index contributed by atoms with van der Waals surface area (Å²) in [6, 6.07) is 7.69. The van der Waals surface area contributed by atoms with Gasteiger partial charge in [0.2, 0.25) is 5.91 Å². The van der Waals surface area contributed by atoms with Crippen LogP contribution in [-0.2, 0) is 11.2 Å². The van der Waals surface area contributed by atoms with E-state index in [0.29, 0.717) is 13.0 Å². The molecule has 0 heterocycles. The summed E-state index contributed by atoms with van der Waals surface area (Å²) in [5.41, 5.74) is 1.18. The van der Waals surface area contributed by atoms with Crippen molar-refractivity contribution in [1.29, 1.82) is 0 Å². The Bertz CT molecular complexity index is 338. The van der Waals surface area contributed by atoms with Gasteiger partial charge in [-0.2, -0.15) is 0 Å². The standard InChI is InChI=1S/C13H19ClN2O/c1-2-15-9-8-13(17)16-10-7-11-3-5-12(14)6-4-11/h3-6,15H,2,7-10H2,1H3,(H,16,17).